The van der Waals surface area contributed by atoms with Gasteiger partial charge in [0.1, 0.15) is 23.6 Å². The van der Waals surface area contributed by atoms with Crippen LogP contribution in [-0.2, 0) is 16.1 Å². The second-order valence-electron chi connectivity index (χ2n) is 7.74. The van der Waals surface area contributed by atoms with Crippen molar-refractivity contribution in [3.05, 3.63) is 42.0 Å². The molecule has 2 saturated heterocycles. The summed E-state index contributed by atoms with van der Waals surface area (Å²) in [5.41, 5.74) is 2.27. The fourth-order valence-electron chi connectivity index (χ4n) is 3.77. The molecule has 0 aromatic carbocycles. The van der Waals surface area contributed by atoms with Crippen molar-refractivity contribution in [1.82, 2.24) is 15.0 Å². The standard InChI is InChI=1S/C20H27N5O2/c1-15-4-6-21-10-16(15)11-26-17-5-7-27-20(9-17)12-25(13-20)19-8-18(24(2)3)22-14-23-19/h4,6,8,10,14,17H,5,7,9,11-13H2,1-3H3/t17-/m0/s1. The first-order chi connectivity index (χ1) is 13.0. The topological polar surface area (TPSA) is 63.6 Å². The third-order valence-corrected chi connectivity index (χ3v) is 5.45. The molecule has 0 saturated carbocycles. The molecule has 2 aromatic heterocycles. The van der Waals surface area contributed by atoms with Crippen LogP contribution in [0, 0.1) is 6.92 Å². The van der Waals surface area contributed by atoms with Crippen LogP contribution >= 0.6 is 0 Å². The Morgan fingerprint density at radius 3 is 2.96 bits per heavy atom. The van der Waals surface area contributed by atoms with E-state index in [4.69, 9.17) is 9.47 Å². The van der Waals surface area contributed by atoms with Gasteiger partial charge in [-0.05, 0) is 30.5 Å². The number of pyridine rings is 1. The summed E-state index contributed by atoms with van der Waals surface area (Å²) in [7, 11) is 3.97. The van der Waals surface area contributed by atoms with Crippen molar-refractivity contribution in [2.75, 3.05) is 43.6 Å². The maximum atomic E-state index is 6.20. The summed E-state index contributed by atoms with van der Waals surface area (Å²) in [5.74, 6) is 1.87. The lowest BCUT2D eigenvalue weighted by Gasteiger charge is -2.53. The maximum Gasteiger partial charge on any atom is 0.134 e. The molecule has 2 aliphatic rings. The van der Waals surface area contributed by atoms with E-state index in [0.717, 1.165) is 49.7 Å². The Bertz CT molecular complexity index is 791. The van der Waals surface area contributed by atoms with Crippen molar-refractivity contribution in [3.63, 3.8) is 0 Å². The number of aromatic nitrogens is 3. The summed E-state index contributed by atoms with van der Waals surface area (Å²) in [4.78, 5) is 17.2. The fourth-order valence-corrected chi connectivity index (χ4v) is 3.77. The molecule has 0 bridgehead atoms. The minimum atomic E-state index is -0.115. The molecule has 144 valence electrons. The zero-order chi connectivity index (χ0) is 18.9. The molecule has 27 heavy (non-hydrogen) atoms. The minimum Gasteiger partial charge on any atom is -0.373 e. The Kier molecular flexibility index (Phi) is 4.97. The van der Waals surface area contributed by atoms with Gasteiger partial charge in [0.25, 0.3) is 0 Å². The van der Waals surface area contributed by atoms with Crippen LogP contribution in [0.1, 0.15) is 24.0 Å². The van der Waals surface area contributed by atoms with E-state index in [1.165, 1.54) is 5.56 Å². The zero-order valence-corrected chi connectivity index (χ0v) is 16.3. The first-order valence-corrected chi connectivity index (χ1v) is 9.44. The quantitative estimate of drug-likeness (QED) is 0.800. The van der Waals surface area contributed by atoms with Gasteiger partial charge < -0.3 is 19.3 Å². The summed E-state index contributed by atoms with van der Waals surface area (Å²) in [5, 5.41) is 0. The van der Waals surface area contributed by atoms with Crippen molar-refractivity contribution in [2.24, 2.45) is 0 Å². The van der Waals surface area contributed by atoms with Gasteiger partial charge in [0.2, 0.25) is 0 Å². The normalized spacial score (nSPS) is 21.1. The molecule has 0 aliphatic carbocycles. The highest BCUT2D eigenvalue weighted by Crippen LogP contribution is 2.37. The Morgan fingerprint density at radius 1 is 1.33 bits per heavy atom. The molecule has 0 unspecified atom stereocenters. The molecular weight excluding hydrogens is 342 g/mol. The van der Waals surface area contributed by atoms with Crippen molar-refractivity contribution < 1.29 is 9.47 Å². The van der Waals surface area contributed by atoms with Crippen molar-refractivity contribution in [1.29, 1.82) is 0 Å². The van der Waals surface area contributed by atoms with Gasteiger partial charge in [-0.1, -0.05) is 0 Å². The van der Waals surface area contributed by atoms with Crippen LogP contribution in [0.25, 0.3) is 0 Å². The summed E-state index contributed by atoms with van der Waals surface area (Å²) in [6, 6.07) is 4.05. The summed E-state index contributed by atoms with van der Waals surface area (Å²) in [6.45, 7) is 5.16. The lowest BCUT2D eigenvalue weighted by Crippen LogP contribution is -2.66. The lowest BCUT2D eigenvalue weighted by atomic mass is 9.84. The Hall–Kier alpha value is -2.25. The van der Waals surface area contributed by atoms with Gasteiger partial charge in [-0.15, -0.1) is 0 Å². The van der Waals surface area contributed by atoms with Crippen LogP contribution in [0.4, 0.5) is 11.6 Å². The first-order valence-electron chi connectivity index (χ1n) is 9.44. The molecule has 2 aliphatic heterocycles. The van der Waals surface area contributed by atoms with E-state index in [-0.39, 0.29) is 11.7 Å². The molecular formula is C20H27N5O2. The molecule has 0 radical (unpaired) electrons. The van der Waals surface area contributed by atoms with Crippen LogP contribution in [0.3, 0.4) is 0 Å². The Labute approximate surface area is 160 Å². The summed E-state index contributed by atoms with van der Waals surface area (Å²) >= 11 is 0. The number of anilines is 2. The maximum absolute atomic E-state index is 6.20. The van der Waals surface area contributed by atoms with E-state index in [2.05, 4.69) is 26.8 Å². The molecule has 2 fully saturated rings. The van der Waals surface area contributed by atoms with Crippen LogP contribution < -0.4 is 9.80 Å². The number of hydrogen-bond acceptors (Lipinski definition) is 7. The molecule has 2 aromatic rings. The highest BCUT2D eigenvalue weighted by molar-refractivity contribution is 5.52. The smallest absolute Gasteiger partial charge is 0.134 e. The number of nitrogens with zero attached hydrogens (tertiary/aromatic N) is 5. The average Bonchev–Trinajstić information content (AvgIpc) is 2.66. The number of rotatable bonds is 5. The molecule has 4 heterocycles. The van der Waals surface area contributed by atoms with Crippen molar-refractivity contribution >= 4 is 11.6 Å². The van der Waals surface area contributed by atoms with E-state index in [1.807, 2.05) is 43.5 Å². The van der Waals surface area contributed by atoms with Crippen LogP contribution in [0.5, 0.6) is 0 Å². The monoisotopic (exact) mass is 369 g/mol. The molecule has 7 nitrogen and oxygen atoms in total. The molecule has 1 atom stereocenters. The van der Waals surface area contributed by atoms with Gasteiger partial charge >= 0.3 is 0 Å². The van der Waals surface area contributed by atoms with Gasteiger partial charge in [0.15, 0.2) is 0 Å². The van der Waals surface area contributed by atoms with Crippen LogP contribution in [0.2, 0.25) is 0 Å². The number of ether oxygens (including phenoxy) is 2. The van der Waals surface area contributed by atoms with E-state index in [0.29, 0.717) is 6.61 Å². The largest absolute Gasteiger partial charge is 0.373 e. The minimum absolute atomic E-state index is 0.115. The predicted molar refractivity (Wildman–Crippen MR) is 104 cm³/mol. The average molecular weight is 369 g/mol. The molecule has 1 spiro atoms. The van der Waals surface area contributed by atoms with Crippen LogP contribution in [0.15, 0.2) is 30.9 Å². The first kappa shape index (κ1) is 18.1. The van der Waals surface area contributed by atoms with E-state index >= 15 is 0 Å². The van der Waals surface area contributed by atoms with Gasteiger partial charge in [0, 0.05) is 45.6 Å². The highest BCUT2D eigenvalue weighted by atomic mass is 16.5. The van der Waals surface area contributed by atoms with E-state index in [1.54, 1.807) is 6.33 Å². The molecule has 0 amide bonds. The van der Waals surface area contributed by atoms with E-state index < -0.39 is 0 Å². The van der Waals surface area contributed by atoms with Gasteiger partial charge in [-0.3, -0.25) is 4.98 Å². The Balaban J connectivity index is 1.34. The predicted octanol–water partition coefficient (Wildman–Crippen LogP) is 2.20. The second kappa shape index (κ2) is 7.40. The van der Waals surface area contributed by atoms with E-state index in [9.17, 15) is 0 Å². The lowest BCUT2D eigenvalue weighted by molar-refractivity contribution is -0.148. The fraction of sp³-hybridized carbons (Fsp3) is 0.550. The summed E-state index contributed by atoms with van der Waals surface area (Å²) in [6.07, 6.45) is 7.43. The third-order valence-electron chi connectivity index (χ3n) is 5.45. The Morgan fingerprint density at radius 2 is 2.19 bits per heavy atom. The number of hydrogen-bond donors (Lipinski definition) is 0. The zero-order valence-electron chi connectivity index (χ0n) is 16.3. The third kappa shape index (κ3) is 3.89. The SMILES string of the molecule is Cc1ccncc1CO[C@H]1CCOC2(C1)CN(c1cc(N(C)C)ncn1)C2. The van der Waals surface area contributed by atoms with Gasteiger partial charge in [0.05, 0.1) is 25.8 Å². The molecule has 7 heteroatoms. The van der Waals surface area contributed by atoms with Crippen LogP contribution in [-0.4, -0.2) is 60.4 Å². The molecule has 0 N–H and O–H groups in total. The number of aryl methyl sites for hydroxylation is 1. The summed E-state index contributed by atoms with van der Waals surface area (Å²) < 4.78 is 12.4. The van der Waals surface area contributed by atoms with Gasteiger partial charge in [-0.2, -0.15) is 0 Å². The van der Waals surface area contributed by atoms with Crippen molar-refractivity contribution in [2.45, 2.75) is 38.1 Å². The second-order valence-corrected chi connectivity index (χ2v) is 7.74. The highest BCUT2D eigenvalue weighted by Gasteiger charge is 2.48. The van der Waals surface area contributed by atoms with Crippen molar-refractivity contribution in [3.8, 4) is 0 Å². The molecule has 4 rings (SSSR count). The van der Waals surface area contributed by atoms with Gasteiger partial charge in [-0.25, -0.2) is 9.97 Å².